The Bertz CT molecular complexity index is 3200. The van der Waals surface area contributed by atoms with Gasteiger partial charge in [-0.05, 0) is 86.3 Å². The molecule has 3 nitrogen and oxygen atoms in total. The monoisotopic (exact) mass is 729 g/mol. The third-order valence-corrected chi connectivity index (χ3v) is 11.3. The zero-order valence-corrected chi connectivity index (χ0v) is 31.0. The van der Waals surface area contributed by atoms with Gasteiger partial charge in [0.05, 0.1) is 0 Å². The van der Waals surface area contributed by atoms with Crippen LogP contribution in [-0.4, -0.2) is 4.98 Å². The maximum atomic E-state index is 6.65. The Kier molecular flexibility index (Phi) is 7.89. The largest absolute Gasteiger partial charge is 0.455 e. The first-order chi connectivity index (χ1) is 28.2. The SMILES string of the molecule is c1ccc(-c2ccc(C(c3ccccc3)c3ccc(-c4cc5c6cc(-c7cccc8oc(-c9ccccc9)nc78)ccc6oc5c5ccccc45)cc3)cc2)cc1. The molecule has 0 saturated carbocycles. The second-order valence-electron chi connectivity index (χ2n) is 14.7. The first kappa shape index (κ1) is 32.9. The molecule has 0 amide bonds. The Balaban J connectivity index is 1.01. The number of hydrogen-bond donors (Lipinski definition) is 0. The summed E-state index contributed by atoms with van der Waals surface area (Å²) in [6, 6.07) is 73.1. The highest BCUT2D eigenvalue weighted by Gasteiger charge is 2.20. The second kappa shape index (κ2) is 13.7. The van der Waals surface area contributed by atoms with Crippen LogP contribution in [0.4, 0.5) is 0 Å². The van der Waals surface area contributed by atoms with Crippen LogP contribution in [-0.2, 0) is 0 Å². The van der Waals surface area contributed by atoms with Gasteiger partial charge in [0.2, 0.25) is 5.89 Å². The Hall–Kier alpha value is -7.49. The van der Waals surface area contributed by atoms with Gasteiger partial charge in [-0.1, -0.05) is 170 Å². The highest BCUT2D eigenvalue weighted by Crippen LogP contribution is 2.42. The van der Waals surface area contributed by atoms with E-state index in [1.54, 1.807) is 0 Å². The van der Waals surface area contributed by atoms with E-state index in [4.69, 9.17) is 13.8 Å². The summed E-state index contributed by atoms with van der Waals surface area (Å²) in [5.41, 5.74) is 14.9. The zero-order chi connectivity index (χ0) is 37.7. The predicted molar refractivity (Wildman–Crippen MR) is 234 cm³/mol. The number of benzene rings is 9. The molecule has 0 bridgehead atoms. The van der Waals surface area contributed by atoms with Crippen LogP contribution in [0.1, 0.15) is 22.6 Å². The first-order valence-corrected chi connectivity index (χ1v) is 19.4. The van der Waals surface area contributed by atoms with Crippen molar-refractivity contribution < 1.29 is 8.83 Å². The number of nitrogens with zero attached hydrogens (tertiary/aromatic N) is 1. The minimum Gasteiger partial charge on any atom is -0.455 e. The lowest BCUT2D eigenvalue weighted by Crippen LogP contribution is -2.03. The van der Waals surface area contributed by atoms with Crippen molar-refractivity contribution >= 4 is 43.8 Å². The molecule has 1 atom stereocenters. The molecule has 0 aliphatic rings. The van der Waals surface area contributed by atoms with E-state index in [0.717, 1.165) is 66.1 Å². The van der Waals surface area contributed by atoms with Crippen LogP contribution in [0.2, 0.25) is 0 Å². The van der Waals surface area contributed by atoms with Crippen LogP contribution in [0.25, 0.3) is 88.6 Å². The molecule has 2 heterocycles. The molecule has 9 aromatic carbocycles. The summed E-state index contributed by atoms with van der Waals surface area (Å²) in [7, 11) is 0. The van der Waals surface area contributed by atoms with E-state index < -0.39 is 0 Å². The smallest absolute Gasteiger partial charge is 0.227 e. The van der Waals surface area contributed by atoms with Crippen molar-refractivity contribution in [2.24, 2.45) is 0 Å². The summed E-state index contributed by atoms with van der Waals surface area (Å²) >= 11 is 0. The fourth-order valence-corrected chi connectivity index (χ4v) is 8.47. The number of furan rings is 1. The van der Waals surface area contributed by atoms with E-state index in [2.05, 4.69) is 164 Å². The van der Waals surface area contributed by atoms with Crippen molar-refractivity contribution in [3.05, 3.63) is 223 Å². The van der Waals surface area contributed by atoms with Gasteiger partial charge < -0.3 is 8.83 Å². The Morgan fingerprint density at radius 3 is 1.63 bits per heavy atom. The van der Waals surface area contributed by atoms with Crippen LogP contribution < -0.4 is 0 Å². The van der Waals surface area contributed by atoms with Gasteiger partial charge in [0, 0.05) is 33.2 Å². The normalized spacial score (nSPS) is 12.1. The molecule has 11 rings (SSSR count). The quantitative estimate of drug-likeness (QED) is 0.153. The van der Waals surface area contributed by atoms with E-state index in [1.807, 2.05) is 42.5 Å². The predicted octanol–water partition coefficient (Wildman–Crippen LogP) is 14.7. The minimum absolute atomic E-state index is 0.0958. The standard InChI is InChI=1S/C54H35NO2/c1-4-13-35(14-5-1)36-23-27-39(28-24-36)51(38-15-6-2-7-16-38)40-29-25-37(26-30-40)46-34-48-47-33-42(31-32-49(47)56-53(48)45-20-11-10-19-44(45)46)43-21-12-22-50-52(43)55-54(57-50)41-17-8-3-9-18-41/h1-34,51H. The van der Waals surface area contributed by atoms with Crippen molar-refractivity contribution in [3.8, 4) is 44.8 Å². The highest BCUT2D eigenvalue weighted by molar-refractivity contribution is 6.19. The van der Waals surface area contributed by atoms with E-state index in [0.29, 0.717) is 5.89 Å². The lowest BCUT2D eigenvalue weighted by Gasteiger charge is -2.20. The molecule has 2 aromatic heterocycles. The van der Waals surface area contributed by atoms with E-state index in [-0.39, 0.29) is 5.92 Å². The maximum absolute atomic E-state index is 6.65. The maximum Gasteiger partial charge on any atom is 0.227 e. The molecule has 0 radical (unpaired) electrons. The molecule has 0 spiro atoms. The molecule has 0 aliphatic heterocycles. The van der Waals surface area contributed by atoms with Gasteiger partial charge in [-0.2, -0.15) is 0 Å². The van der Waals surface area contributed by atoms with Gasteiger partial charge in [0.15, 0.2) is 5.58 Å². The van der Waals surface area contributed by atoms with Gasteiger partial charge in [-0.25, -0.2) is 4.98 Å². The fourth-order valence-electron chi connectivity index (χ4n) is 8.47. The summed E-state index contributed by atoms with van der Waals surface area (Å²) in [5.74, 6) is 0.713. The van der Waals surface area contributed by atoms with Crippen molar-refractivity contribution in [1.82, 2.24) is 4.98 Å². The lowest BCUT2D eigenvalue weighted by atomic mass is 9.84. The third kappa shape index (κ3) is 5.80. The number of fused-ring (bicyclic) bond motifs is 6. The number of aromatic nitrogens is 1. The molecular formula is C54H35NO2. The van der Waals surface area contributed by atoms with Gasteiger partial charge in [-0.3, -0.25) is 0 Å². The molecule has 3 heteroatoms. The number of para-hydroxylation sites is 1. The van der Waals surface area contributed by atoms with Crippen LogP contribution in [0.3, 0.4) is 0 Å². The van der Waals surface area contributed by atoms with Crippen LogP contribution in [0, 0.1) is 0 Å². The molecule has 0 aliphatic carbocycles. The Morgan fingerprint density at radius 2 is 0.912 bits per heavy atom. The molecule has 1 unspecified atom stereocenters. The van der Waals surface area contributed by atoms with Gasteiger partial charge >= 0.3 is 0 Å². The van der Waals surface area contributed by atoms with E-state index in [1.165, 1.54) is 33.4 Å². The fraction of sp³-hybridized carbons (Fsp3) is 0.0185. The van der Waals surface area contributed by atoms with Crippen molar-refractivity contribution in [2.45, 2.75) is 5.92 Å². The second-order valence-corrected chi connectivity index (χ2v) is 14.7. The highest BCUT2D eigenvalue weighted by atomic mass is 16.3. The number of hydrogen-bond acceptors (Lipinski definition) is 3. The Labute approximate surface area is 330 Å². The molecule has 0 saturated heterocycles. The summed E-state index contributed by atoms with van der Waals surface area (Å²) in [6.07, 6.45) is 0. The molecule has 57 heavy (non-hydrogen) atoms. The molecule has 268 valence electrons. The first-order valence-electron chi connectivity index (χ1n) is 19.4. The number of oxazole rings is 1. The van der Waals surface area contributed by atoms with Crippen LogP contribution >= 0.6 is 0 Å². The lowest BCUT2D eigenvalue weighted by molar-refractivity contribution is 0.620. The summed E-state index contributed by atoms with van der Waals surface area (Å²) in [6.45, 7) is 0. The van der Waals surface area contributed by atoms with Gasteiger partial charge in [-0.15, -0.1) is 0 Å². The van der Waals surface area contributed by atoms with Gasteiger partial charge in [0.1, 0.15) is 16.7 Å². The topological polar surface area (TPSA) is 39.2 Å². The van der Waals surface area contributed by atoms with Gasteiger partial charge in [0.25, 0.3) is 0 Å². The average molecular weight is 730 g/mol. The molecular weight excluding hydrogens is 695 g/mol. The molecule has 0 N–H and O–H groups in total. The number of rotatable bonds is 7. The van der Waals surface area contributed by atoms with Crippen LogP contribution in [0.5, 0.6) is 0 Å². The summed E-state index contributed by atoms with van der Waals surface area (Å²) < 4.78 is 12.9. The minimum atomic E-state index is 0.0958. The summed E-state index contributed by atoms with van der Waals surface area (Å²) in [5, 5.41) is 4.41. The zero-order valence-electron chi connectivity index (χ0n) is 31.0. The van der Waals surface area contributed by atoms with Crippen molar-refractivity contribution in [1.29, 1.82) is 0 Å². The van der Waals surface area contributed by atoms with Crippen LogP contribution in [0.15, 0.2) is 215 Å². The van der Waals surface area contributed by atoms with Crippen molar-refractivity contribution in [3.63, 3.8) is 0 Å². The van der Waals surface area contributed by atoms with Crippen molar-refractivity contribution in [2.75, 3.05) is 0 Å². The van der Waals surface area contributed by atoms with E-state index >= 15 is 0 Å². The average Bonchev–Trinajstić information content (AvgIpc) is 3.90. The van der Waals surface area contributed by atoms with E-state index in [9.17, 15) is 0 Å². The Morgan fingerprint density at radius 1 is 0.333 bits per heavy atom. The molecule has 11 aromatic rings. The molecule has 0 fully saturated rings. The summed E-state index contributed by atoms with van der Waals surface area (Å²) in [4.78, 5) is 4.97. The third-order valence-electron chi connectivity index (χ3n) is 11.3.